The molecular weight excluding hydrogens is 368 g/mol. The molecule has 0 aliphatic heterocycles. The highest BCUT2D eigenvalue weighted by Crippen LogP contribution is 2.30. The number of methoxy groups -OCH3 is 1. The number of carboxylic acid groups (broad SMARTS) is 1. The van der Waals surface area contributed by atoms with Gasteiger partial charge in [0.1, 0.15) is 17.0 Å². The van der Waals surface area contributed by atoms with Crippen molar-refractivity contribution in [3.05, 3.63) is 70.4 Å². The molecule has 0 bridgehead atoms. The molecule has 2 N–H and O–H groups in total. The highest BCUT2D eigenvalue weighted by Gasteiger charge is 2.27. The molecule has 6 nitrogen and oxygen atoms in total. The van der Waals surface area contributed by atoms with Gasteiger partial charge >= 0.3 is 5.97 Å². The fourth-order valence-electron chi connectivity index (χ4n) is 2.76. The van der Waals surface area contributed by atoms with Crippen LogP contribution in [-0.4, -0.2) is 23.3 Å². The monoisotopic (exact) mass is 386 g/mol. The molecule has 1 aromatic heterocycles. The van der Waals surface area contributed by atoms with Crippen LogP contribution in [0.15, 0.2) is 53.1 Å². The van der Waals surface area contributed by atoms with Crippen molar-refractivity contribution in [3.8, 4) is 17.0 Å². The lowest BCUT2D eigenvalue weighted by atomic mass is 10.0. The van der Waals surface area contributed by atoms with E-state index in [-0.39, 0.29) is 23.1 Å². The Balaban J connectivity index is 1.84. The minimum Gasteiger partial charge on any atom is -0.497 e. The third-order valence-corrected chi connectivity index (χ3v) is 4.43. The molecule has 1 heterocycles. The number of carbonyl (C=O) groups is 1. The van der Waals surface area contributed by atoms with Crippen LogP contribution in [0.2, 0.25) is 5.02 Å². The van der Waals surface area contributed by atoms with Gasteiger partial charge in [-0.1, -0.05) is 28.9 Å². The number of halogens is 1. The van der Waals surface area contributed by atoms with Crippen molar-refractivity contribution >= 4 is 17.6 Å². The third kappa shape index (κ3) is 4.30. The predicted octanol–water partition coefficient (Wildman–Crippen LogP) is 4.55. The summed E-state index contributed by atoms with van der Waals surface area (Å²) in [6.45, 7) is 2.34. The molecule has 1 atom stereocenters. The lowest BCUT2D eigenvalue weighted by Crippen LogP contribution is -2.19. The van der Waals surface area contributed by atoms with Crippen LogP contribution < -0.4 is 10.1 Å². The first kappa shape index (κ1) is 18.9. The lowest BCUT2D eigenvalue weighted by molar-refractivity contribution is 0.0694. The number of benzene rings is 2. The van der Waals surface area contributed by atoms with Crippen LogP contribution in [0.5, 0.6) is 5.75 Å². The van der Waals surface area contributed by atoms with E-state index in [4.69, 9.17) is 20.9 Å². The maximum atomic E-state index is 11.9. The van der Waals surface area contributed by atoms with E-state index in [2.05, 4.69) is 10.5 Å². The van der Waals surface area contributed by atoms with E-state index in [0.717, 1.165) is 5.56 Å². The second kappa shape index (κ2) is 8.24. The Morgan fingerprint density at radius 3 is 2.67 bits per heavy atom. The van der Waals surface area contributed by atoms with Crippen molar-refractivity contribution in [1.82, 2.24) is 10.5 Å². The van der Waals surface area contributed by atoms with E-state index in [1.165, 1.54) is 0 Å². The molecule has 0 spiro atoms. The van der Waals surface area contributed by atoms with Gasteiger partial charge in [-0.15, -0.1) is 0 Å². The topological polar surface area (TPSA) is 84.6 Å². The lowest BCUT2D eigenvalue weighted by Gasteiger charge is -2.12. The quantitative estimate of drug-likeness (QED) is 0.619. The zero-order chi connectivity index (χ0) is 19.4. The average molecular weight is 387 g/mol. The molecule has 7 heteroatoms. The van der Waals surface area contributed by atoms with Crippen LogP contribution in [0, 0.1) is 0 Å². The number of aromatic nitrogens is 1. The van der Waals surface area contributed by atoms with Crippen molar-refractivity contribution in [1.29, 1.82) is 0 Å². The van der Waals surface area contributed by atoms with Gasteiger partial charge < -0.3 is 19.7 Å². The van der Waals surface area contributed by atoms with Crippen molar-refractivity contribution in [2.45, 2.75) is 19.5 Å². The molecule has 0 amide bonds. The van der Waals surface area contributed by atoms with E-state index >= 15 is 0 Å². The van der Waals surface area contributed by atoms with Gasteiger partial charge in [0, 0.05) is 17.1 Å². The Labute approximate surface area is 161 Å². The summed E-state index contributed by atoms with van der Waals surface area (Å²) in [5.74, 6) is -0.139. The minimum absolute atomic E-state index is 0.0475. The van der Waals surface area contributed by atoms with E-state index < -0.39 is 5.97 Å². The van der Waals surface area contributed by atoms with Gasteiger partial charge in [0.15, 0.2) is 5.76 Å². The second-order valence-corrected chi connectivity index (χ2v) is 6.47. The zero-order valence-corrected chi connectivity index (χ0v) is 15.7. The zero-order valence-electron chi connectivity index (χ0n) is 14.9. The summed E-state index contributed by atoms with van der Waals surface area (Å²) in [4.78, 5) is 11.9. The predicted molar refractivity (Wildman–Crippen MR) is 102 cm³/mol. The summed E-state index contributed by atoms with van der Waals surface area (Å²) in [6, 6.07) is 14.1. The first-order valence-corrected chi connectivity index (χ1v) is 8.72. The van der Waals surface area contributed by atoms with Crippen molar-refractivity contribution in [2.24, 2.45) is 0 Å². The van der Waals surface area contributed by atoms with Gasteiger partial charge in [0.2, 0.25) is 0 Å². The van der Waals surface area contributed by atoms with Crippen LogP contribution in [0.25, 0.3) is 11.3 Å². The highest BCUT2D eigenvalue weighted by molar-refractivity contribution is 6.30. The molecule has 2 aromatic carbocycles. The largest absolute Gasteiger partial charge is 0.497 e. The number of carboxylic acids is 1. The molecule has 3 rings (SSSR count). The second-order valence-electron chi connectivity index (χ2n) is 6.04. The third-order valence-electron chi connectivity index (χ3n) is 4.19. The summed E-state index contributed by atoms with van der Waals surface area (Å²) in [5, 5.41) is 17.6. The van der Waals surface area contributed by atoms with Gasteiger partial charge in [0.25, 0.3) is 0 Å². The number of nitrogens with zero attached hydrogens (tertiary/aromatic N) is 1. The number of hydrogen-bond donors (Lipinski definition) is 2. The Kier molecular flexibility index (Phi) is 5.78. The Bertz CT molecular complexity index is 937. The SMILES string of the molecule is COc1ccc(-c2noc(C(C)NCc3cccc(Cl)c3)c2C(=O)O)cc1. The summed E-state index contributed by atoms with van der Waals surface area (Å²) in [6.07, 6.45) is 0. The molecule has 0 saturated carbocycles. The van der Waals surface area contributed by atoms with E-state index in [0.29, 0.717) is 22.9 Å². The van der Waals surface area contributed by atoms with Crippen LogP contribution in [0.4, 0.5) is 0 Å². The van der Waals surface area contributed by atoms with Gasteiger partial charge in [-0.2, -0.15) is 0 Å². The number of rotatable bonds is 7. The molecular formula is C20H19ClN2O4. The molecule has 1 unspecified atom stereocenters. The van der Waals surface area contributed by atoms with Crippen molar-refractivity contribution < 1.29 is 19.2 Å². The van der Waals surface area contributed by atoms with Gasteiger partial charge in [-0.3, -0.25) is 0 Å². The normalized spacial score (nSPS) is 12.0. The standard InChI is InChI=1S/C20H19ClN2O4/c1-12(22-11-13-4-3-5-15(21)10-13)19-17(20(24)25)18(23-27-19)14-6-8-16(26-2)9-7-14/h3-10,12,22H,11H2,1-2H3,(H,24,25). The van der Waals surface area contributed by atoms with Crippen molar-refractivity contribution in [2.75, 3.05) is 7.11 Å². The van der Waals surface area contributed by atoms with E-state index in [1.54, 1.807) is 37.4 Å². The molecule has 0 aliphatic rings. The summed E-state index contributed by atoms with van der Waals surface area (Å²) in [7, 11) is 1.57. The molecule has 0 radical (unpaired) electrons. The summed E-state index contributed by atoms with van der Waals surface area (Å²) in [5.41, 5.74) is 1.97. The fourth-order valence-corrected chi connectivity index (χ4v) is 2.97. The van der Waals surface area contributed by atoms with Crippen LogP contribution in [0.3, 0.4) is 0 Å². The Morgan fingerprint density at radius 2 is 2.04 bits per heavy atom. The maximum Gasteiger partial charge on any atom is 0.341 e. The number of aromatic carboxylic acids is 1. The van der Waals surface area contributed by atoms with E-state index in [9.17, 15) is 9.90 Å². The first-order chi connectivity index (χ1) is 13.0. The van der Waals surface area contributed by atoms with Crippen LogP contribution >= 0.6 is 11.6 Å². The molecule has 27 heavy (non-hydrogen) atoms. The van der Waals surface area contributed by atoms with Gasteiger partial charge in [-0.25, -0.2) is 4.79 Å². The Hall–Kier alpha value is -2.83. The van der Waals surface area contributed by atoms with Crippen LogP contribution in [0.1, 0.15) is 34.6 Å². The number of nitrogens with one attached hydrogen (secondary N) is 1. The maximum absolute atomic E-state index is 11.9. The molecule has 0 aliphatic carbocycles. The van der Waals surface area contributed by atoms with Gasteiger partial charge in [0.05, 0.1) is 13.2 Å². The molecule has 3 aromatic rings. The number of hydrogen-bond acceptors (Lipinski definition) is 5. The number of ether oxygens (including phenoxy) is 1. The first-order valence-electron chi connectivity index (χ1n) is 8.34. The van der Waals surface area contributed by atoms with Crippen molar-refractivity contribution in [3.63, 3.8) is 0 Å². The molecule has 0 saturated heterocycles. The highest BCUT2D eigenvalue weighted by atomic mass is 35.5. The van der Waals surface area contributed by atoms with Gasteiger partial charge in [-0.05, 0) is 48.9 Å². The summed E-state index contributed by atoms with van der Waals surface area (Å²) >= 11 is 5.99. The fraction of sp³-hybridized carbons (Fsp3) is 0.200. The molecule has 0 fully saturated rings. The summed E-state index contributed by atoms with van der Waals surface area (Å²) < 4.78 is 10.5. The molecule has 140 valence electrons. The van der Waals surface area contributed by atoms with E-state index in [1.807, 2.05) is 25.1 Å². The smallest absolute Gasteiger partial charge is 0.341 e. The average Bonchev–Trinajstić information content (AvgIpc) is 3.12. The Morgan fingerprint density at radius 1 is 1.30 bits per heavy atom. The van der Waals surface area contributed by atoms with Crippen LogP contribution in [-0.2, 0) is 6.54 Å². The minimum atomic E-state index is -1.09.